The number of fused-ring (bicyclic) bond motifs is 1. The molecule has 0 saturated heterocycles. The molecule has 1 aromatic carbocycles. The van der Waals surface area contributed by atoms with E-state index in [2.05, 4.69) is 13.0 Å². The molecule has 3 nitrogen and oxygen atoms in total. The van der Waals surface area contributed by atoms with Crippen LogP contribution in [0, 0.1) is 5.41 Å². The zero-order valence-electron chi connectivity index (χ0n) is 12.5. The fourth-order valence-electron chi connectivity index (χ4n) is 3.83. The maximum atomic E-state index is 13.3. The van der Waals surface area contributed by atoms with Gasteiger partial charge in [0.05, 0.1) is 10.4 Å². The minimum atomic E-state index is -0.626. The maximum Gasteiger partial charge on any atom is 0.240 e. The van der Waals surface area contributed by atoms with E-state index in [0.717, 1.165) is 37.8 Å². The van der Waals surface area contributed by atoms with Crippen molar-refractivity contribution in [1.29, 1.82) is 0 Å². The molecule has 1 saturated carbocycles. The maximum absolute atomic E-state index is 13.3. The van der Waals surface area contributed by atoms with Crippen LogP contribution in [0.25, 0.3) is 0 Å². The van der Waals surface area contributed by atoms with E-state index >= 15 is 0 Å². The van der Waals surface area contributed by atoms with Gasteiger partial charge in [-0.3, -0.25) is 4.79 Å². The monoisotopic (exact) mass is 302 g/mol. The molecule has 0 bridgehead atoms. The van der Waals surface area contributed by atoms with Crippen LogP contribution in [0.5, 0.6) is 0 Å². The van der Waals surface area contributed by atoms with Gasteiger partial charge >= 0.3 is 0 Å². The highest BCUT2D eigenvalue weighted by Gasteiger charge is 2.47. The number of benzene rings is 1. The van der Waals surface area contributed by atoms with E-state index in [1.54, 1.807) is 0 Å². The Bertz CT molecular complexity index is 578. The number of hydrogen-bond acceptors (Lipinski definition) is 2. The Morgan fingerprint density at radius 2 is 1.95 bits per heavy atom. The first-order valence-electron chi connectivity index (χ1n) is 7.78. The number of amides is 1. The number of anilines is 1. The Morgan fingerprint density at radius 1 is 1.29 bits per heavy atom. The second-order valence-electron chi connectivity index (χ2n) is 6.36. The van der Waals surface area contributed by atoms with Gasteiger partial charge in [-0.1, -0.05) is 49.7 Å². The van der Waals surface area contributed by atoms with Crippen LogP contribution in [-0.4, -0.2) is 16.9 Å². The fourth-order valence-corrected chi connectivity index (χ4v) is 4.12. The Hall–Kier alpha value is -1.42. The number of carbonyl (C=O) groups excluding carboxylic acids is 1. The Balaban J connectivity index is 1.99. The predicted octanol–water partition coefficient (Wildman–Crippen LogP) is 3.20. The lowest BCUT2D eigenvalue weighted by molar-refractivity contribution is -0.126. The minimum absolute atomic E-state index is 0.118. The van der Waals surface area contributed by atoms with Gasteiger partial charge in [-0.25, -0.2) is 0 Å². The van der Waals surface area contributed by atoms with Crippen LogP contribution in [-0.2, 0) is 11.2 Å². The molecule has 21 heavy (non-hydrogen) atoms. The van der Waals surface area contributed by atoms with Crippen molar-refractivity contribution in [3.63, 3.8) is 0 Å². The normalized spacial score (nSPS) is 23.7. The Morgan fingerprint density at radius 3 is 2.62 bits per heavy atom. The molecule has 2 N–H and O–H groups in total. The third-order valence-electron chi connectivity index (χ3n) is 5.01. The van der Waals surface area contributed by atoms with Crippen LogP contribution in [0.3, 0.4) is 0 Å². The number of nitrogens with two attached hydrogens (primary N) is 1. The molecular formula is C17H22N2OS. The second kappa shape index (κ2) is 5.41. The van der Waals surface area contributed by atoms with Crippen LogP contribution >= 0.6 is 12.2 Å². The Kier molecular flexibility index (Phi) is 3.74. The second-order valence-corrected chi connectivity index (χ2v) is 6.80. The fraction of sp³-hybridized carbons (Fsp3) is 0.529. The van der Waals surface area contributed by atoms with Crippen LogP contribution in [0.2, 0.25) is 0 Å². The first-order valence-corrected chi connectivity index (χ1v) is 8.18. The zero-order valence-corrected chi connectivity index (χ0v) is 13.3. The minimum Gasteiger partial charge on any atom is -0.392 e. The number of thiocarbonyl (C=S) groups is 1. The van der Waals surface area contributed by atoms with Gasteiger partial charge in [0.2, 0.25) is 5.91 Å². The average molecular weight is 302 g/mol. The lowest BCUT2D eigenvalue weighted by atomic mass is 9.72. The van der Waals surface area contributed by atoms with Crippen LogP contribution in [0.1, 0.15) is 44.6 Å². The number of rotatable bonds is 2. The van der Waals surface area contributed by atoms with Crippen LogP contribution < -0.4 is 10.6 Å². The van der Waals surface area contributed by atoms with Gasteiger partial charge < -0.3 is 10.6 Å². The average Bonchev–Trinajstić information content (AvgIpc) is 2.82. The largest absolute Gasteiger partial charge is 0.392 e. The van der Waals surface area contributed by atoms with Crippen molar-refractivity contribution >= 4 is 28.8 Å². The molecule has 1 aromatic rings. The van der Waals surface area contributed by atoms with Crippen LogP contribution in [0.4, 0.5) is 5.69 Å². The molecule has 1 aliphatic carbocycles. The molecule has 1 fully saturated rings. The van der Waals surface area contributed by atoms with Crippen LogP contribution in [0.15, 0.2) is 24.3 Å². The number of hydrogen-bond donors (Lipinski definition) is 1. The number of carbonyl (C=O) groups is 1. The highest BCUT2D eigenvalue weighted by atomic mass is 32.1. The molecule has 3 rings (SSSR count). The van der Waals surface area contributed by atoms with Gasteiger partial charge in [0.25, 0.3) is 0 Å². The summed E-state index contributed by atoms with van der Waals surface area (Å²) in [6.07, 6.45) is 5.75. The summed E-state index contributed by atoms with van der Waals surface area (Å²) in [7, 11) is 0. The zero-order chi connectivity index (χ0) is 15.0. The highest BCUT2D eigenvalue weighted by molar-refractivity contribution is 7.80. The first-order chi connectivity index (χ1) is 10.1. The third kappa shape index (κ3) is 2.26. The summed E-state index contributed by atoms with van der Waals surface area (Å²) in [5.74, 6) is 0.118. The van der Waals surface area contributed by atoms with Crippen molar-refractivity contribution in [3.8, 4) is 0 Å². The van der Waals surface area contributed by atoms with Crippen molar-refractivity contribution in [2.24, 2.45) is 11.1 Å². The van der Waals surface area contributed by atoms with Gasteiger partial charge in [-0.2, -0.15) is 0 Å². The first kappa shape index (κ1) is 14.5. The van der Waals surface area contributed by atoms with Crippen molar-refractivity contribution in [3.05, 3.63) is 29.8 Å². The smallest absolute Gasteiger partial charge is 0.240 e. The molecule has 0 radical (unpaired) electrons. The van der Waals surface area contributed by atoms with Crippen molar-refractivity contribution < 1.29 is 4.79 Å². The van der Waals surface area contributed by atoms with E-state index in [1.807, 2.05) is 23.1 Å². The van der Waals surface area contributed by atoms with E-state index in [1.165, 1.54) is 12.0 Å². The molecule has 1 aliphatic heterocycles. The molecule has 1 heterocycles. The van der Waals surface area contributed by atoms with Gasteiger partial charge in [-0.15, -0.1) is 0 Å². The van der Waals surface area contributed by atoms with Crippen molar-refractivity contribution in [2.75, 3.05) is 4.90 Å². The van der Waals surface area contributed by atoms with Gasteiger partial charge in [0.15, 0.2) is 0 Å². The van der Waals surface area contributed by atoms with Crippen molar-refractivity contribution in [2.45, 2.75) is 51.5 Å². The Labute approximate surface area is 131 Å². The molecule has 1 atom stereocenters. The van der Waals surface area contributed by atoms with Gasteiger partial charge in [0.1, 0.15) is 0 Å². The number of para-hydroxylation sites is 1. The summed E-state index contributed by atoms with van der Waals surface area (Å²) in [6, 6.07) is 8.35. The van der Waals surface area contributed by atoms with Gasteiger partial charge in [-0.05, 0) is 37.8 Å². The molecule has 0 aromatic heterocycles. The molecule has 0 spiro atoms. The summed E-state index contributed by atoms with van der Waals surface area (Å²) in [6.45, 7) is 2.11. The molecular weight excluding hydrogens is 280 g/mol. The summed E-state index contributed by atoms with van der Waals surface area (Å²) < 4.78 is 0. The lowest BCUT2D eigenvalue weighted by Crippen LogP contribution is -2.53. The predicted molar refractivity (Wildman–Crippen MR) is 89.4 cm³/mol. The quantitative estimate of drug-likeness (QED) is 0.853. The summed E-state index contributed by atoms with van der Waals surface area (Å²) >= 11 is 5.31. The summed E-state index contributed by atoms with van der Waals surface area (Å²) in [4.78, 5) is 15.6. The lowest BCUT2D eigenvalue weighted by Gasteiger charge is -2.39. The molecule has 4 heteroatoms. The molecule has 2 aliphatic rings. The molecule has 1 amide bonds. The van der Waals surface area contributed by atoms with Gasteiger partial charge in [0, 0.05) is 11.7 Å². The molecule has 1 unspecified atom stereocenters. The van der Waals surface area contributed by atoms with E-state index in [9.17, 15) is 4.79 Å². The highest BCUT2D eigenvalue weighted by Crippen LogP contribution is 2.42. The number of nitrogens with zero attached hydrogens (tertiary/aromatic N) is 1. The van der Waals surface area contributed by atoms with Crippen molar-refractivity contribution in [1.82, 2.24) is 0 Å². The summed E-state index contributed by atoms with van der Waals surface area (Å²) in [5.41, 5.74) is 7.68. The summed E-state index contributed by atoms with van der Waals surface area (Å²) in [5, 5.41) is 0. The third-order valence-corrected chi connectivity index (χ3v) is 5.40. The molecule has 112 valence electrons. The SMILES string of the molecule is CC1Cc2ccccc2N1C(=O)C1(C(N)=S)CCCCC1. The van der Waals surface area contributed by atoms with E-state index in [0.29, 0.717) is 4.99 Å². The standard InChI is InChI=1S/C17H22N2OS/c1-12-11-13-7-3-4-8-14(13)19(12)16(20)17(15(18)21)9-5-2-6-10-17/h3-4,7-8,12H,2,5-6,9-11H2,1H3,(H2,18,21). The topological polar surface area (TPSA) is 46.3 Å². The van der Waals surface area contributed by atoms with E-state index in [4.69, 9.17) is 18.0 Å². The van der Waals surface area contributed by atoms with E-state index < -0.39 is 5.41 Å². The van der Waals surface area contributed by atoms with E-state index in [-0.39, 0.29) is 11.9 Å².